The average molecular weight is 408 g/mol. The SMILES string of the molecule is CCc1cc(-c2ccc(C)cc2)c(O)cc1OCCCCCC(C)(C)c1nnn[n-]1. The smallest absolute Gasteiger partial charge is 0.127 e. The quantitative estimate of drug-likeness (QED) is 0.477. The topological polar surface area (TPSA) is 82.2 Å². The maximum Gasteiger partial charge on any atom is 0.127 e. The van der Waals surface area contributed by atoms with E-state index in [1.54, 1.807) is 6.07 Å². The third kappa shape index (κ3) is 5.38. The molecule has 1 aromatic heterocycles. The zero-order valence-electron chi connectivity index (χ0n) is 18.4. The number of aromatic nitrogens is 4. The van der Waals surface area contributed by atoms with Crippen LogP contribution in [0.5, 0.6) is 11.5 Å². The number of ether oxygens (including phenoxy) is 1. The molecule has 160 valence electrons. The molecule has 0 bridgehead atoms. The van der Waals surface area contributed by atoms with E-state index in [0.29, 0.717) is 12.4 Å². The summed E-state index contributed by atoms with van der Waals surface area (Å²) in [6.07, 6.45) is 4.90. The molecule has 6 heteroatoms. The summed E-state index contributed by atoms with van der Waals surface area (Å²) in [6, 6.07) is 12.0. The standard InChI is InChI=1S/C24H31N4O2/c1-5-18-15-20(19-11-9-17(2)10-12-19)21(29)16-22(18)30-14-8-6-7-13-24(3,4)23-25-27-28-26-23/h9-12,15-16H,5-8,13-14H2,1-4H3,(H-,25,26,27,28,29)/q-1. The number of tetrazole rings is 1. The number of aryl methyl sites for hydroxylation is 2. The predicted molar refractivity (Wildman–Crippen MR) is 118 cm³/mol. The van der Waals surface area contributed by atoms with Gasteiger partial charge in [0, 0.05) is 17.5 Å². The molecule has 0 spiro atoms. The molecule has 0 atom stereocenters. The van der Waals surface area contributed by atoms with Gasteiger partial charge >= 0.3 is 0 Å². The van der Waals surface area contributed by atoms with Crippen LogP contribution in [0.25, 0.3) is 11.1 Å². The van der Waals surface area contributed by atoms with Crippen molar-refractivity contribution in [2.24, 2.45) is 0 Å². The van der Waals surface area contributed by atoms with Crippen molar-refractivity contribution in [2.75, 3.05) is 6.61 Å². The minimum atomic E-state index is -0.114. The van der Waals surface area contributed by atoms with E-state index >= 15 is 0 Å². The number of phenols is 1. The van der Waals surface area contributed by atoms with Gasteiger partial charge in [-0.2, -0.15) is 5.21 Å². The molecule has 0 amide bonds. The van der Waals surface area contributed by atoms with E-state index in [9.17, 15) is 5.11 Å². The summed E-state index contributed by atoms with van der Waals surface area (Å²) in [7, 11) is 0. The van der Waals surface area contributed by atoms with E-state index in [0.717, 1.165) is 54.5 Å². The van der Waals surface area contributed by atoms with Crippen molar-refractivity contribution >= 4 is 0 Å². The summed E-state index contributed by atoms with van der Waals surface area (Å²) in [5, 5.41) is 25.7. The average Bonchev–Trinajstić information content (AvgIpc) is 3.27. The van der Waals surface area contributed by atoms with Gasteiger partial charge in [-0.3, -0.25) is 10.3 Å². The van der Waals surface area contributed by atoms with Gasteiger partial charge in [-0.1, -0.05) is 63.4 Å². The Labute approximate surface area is 178 Å². The Morgan fingerprint density at radius 1 is 1.07 bits per heavy atom. The van der Waals surface area contributed by atoms with E-state index in [-0.39, 0.29) is 11.2 Å². The first-order chi connectivity index (χ1) is 14.4. The van der Waals surface area contributed by atoms with Gasteiger partial charge in [0.05, 0.1) is 6.61 Å². The zero-order valence-corrected chi connectivity index (χ0v) is 18.4. The van der Waals surface area contributed by atoms with Gasteiger partial charge in [-0.05, 0) is 48.8 Å². The summed E-state index contributed by atoms with van der Waals surface area (Å²) in [6.45, 7) is 9.04. The first-order valence-electron chi connectivity index (χ1n) is 10.7. The van der Waals surface area contributed by atoms with Crippen molar-refractivity contribution < 1.29 is 9.84 Å². The monoisotopic (exact) mass is 407 g/mol. The van der Waals surface area contributed by atoms with Crippen LogP contribution in [-0.4, -0.2) is 27.2 Å². The number of aromatic hydroxyl groups is 1. The van der Waals surface area contributed by atoms with Crippen molar-refractivity contribution in [2.45, 2.75) is 65.2 Å². The second-order valence-corrected chi connectivity index (χ2v) is 8.44. The van der Waals surface area contributed by atoms with E-state index in [1.807, 2.05) is 18.2 Å². The largest absolute Gasteiger partial charge is 0.507 e. The molecule has 0 saturated carbocycles. The lowest BCUT2D eigenvalue weighted by Crippen LogP contribution is -2.20. The Kier molecular flexibility index (Phi) is 7.08. The lowest BCUT2D eigenvalue weighted by atomic mass is 9.86. The molecule has 0 aliphatic heterocycles. The molecule has 0 saturated heterocycles. The summed E-state index contributed by atoms with van der Waals surface area (Å²) in [4.78, 5) is 0. The lowest BCUT2D eigenvalue weighted by molar-refractivity contribution is 0.296. The highest BCUT2D eigenvalue weighted by Crippen LogP contribution is 2.36. The highest BCUT2D eigenvalue weighted by Gasteiger charge is 2.19. The normalized spacial score (nSPS) is 11.6. The van der Waals surface area contributed by atoms with Crippen LogP contribution in [0.2, 0.25) is 0 Å². The van der Waals surface area contributed by atoms with Crippen molar-refractivity contribution in [3.8, 4) is 22.6 Å². The third-order valence-corrected chi connectivity index (χ3v) is 5.55. The number of unbranched alkanes of at least 4 members (excludes halogenated alkanes) is 2. The molecule has 6 nitrogen and oxygen atoms in total. The van der Waals surface area contributed by atoms with Crippen LogP contribution >= 0.6 is 0 Å². The molecule has 30 heavy (non-hydrogen) atoms. The number of hydrogen-bond acceptors (Lipinski definition) is 5. The second kappa shape index (κ2) is 9.74. The Bertz CT molecular complexity index is 935. The molecule has 0 aliphatic rings. The van der Waals surface area contributed by atoms with Crippen LogP contribution in [-0.2, 0) is 11.8 Å². The van der Waals surface area contributed by atoms with Crippen LogP contribution in [0.4, 0.5) is 0 Å². The number of hydrogen-bond donors (Lipinski definition) is 1. The first-order valence-corrected chi connectivity index (χ1v) is 10.7. The van der Waals surface area contributed by atoms with E-state index in [2.05, 4.69) is 60.5 Å². The van der Waals surface area contributed by atoms with Crippen LogP contribution in [0.3, 0.4) is 0 Å². The van der Waals surface area contributed by atoms with Gasteiger partial charge in [0.15, 0.2) is 0 Å². The Hall–Kier alpha value is -2.89. The molecule has 1 heterocycles. The number of rotatable bonds is 10. The van der Waals surface area contributed by atoms with Crippen molar-refractivity contribution in [1.29, 1.82) is 0 Å². The number of nitrogens with zero attached hydrogens (tertiary/aromatic N) is 4. The maximum absolute atomic E-state index is 10.6. The van der Waals surface area contributed by atoms with Crippen LogP contribution in [0.15, 0.2) is 36.4 Å². The maximum atomic E-state index is 10.6. The van der Waals surface area contributed by atoms with Crippen molar-refractivity contribution in [3.05, 3.63) is 53.3 Å². The highest BCUT2D eigenvalue weighted by molar-refractivity contribution is 5.72. The molecule has 3 aromatic rings. The molecule has 1 N–H and O–H groups in total. The summed E-state index contributed by atoms with van der Waals surface area (Å²) < 4.78 is 6.02. The first kappa shape index (κ1) is 21.8. The third-order valence-electron chi connectivity index (χ3n) is 5.55. The number of phenolic OH excluding ortho intramolecular Hbond substituents is 1. The van der Waals surface area contributed by atoms with Crippen molar-refractivity contribution in [1.82, 2.24) is 20.6 Å². The van der Waals surface area contributed by atoms with Gasteiger partial charge < -0.3 is 14.9 Å². The Morgan fingerprint density at radius 2 is 1.83 bits per heavy atom. The predicted octanol–water partition coefficient (Wildman–Crippen LogP) is 4.99. The second-order valence-electron chi connectivity index (χ2n) is 8.44. The highest BCUT2D eigenvalue weighted by atomic mass is 16.5. The molecular weight excluding hydrogens is 376 g/mol. The summed E-state index contributed by atoms with van der Waals surface area (Å²) >= 11 is 0. The lowest BCUT2D eigenvalue weighted by Gasteiger charge is -2.24. The minimum absolute atomic E-state index is 0.114. The van der Waals surface area contributed by atoms with E-state index in [1.165, 1.54) is 5.56 Å². The van der Waals surface area contributed by atoms with Crippen LogP contribution in [0, 0.1) is 6.92 Å². The van der Waals surface area contributed by atoms with Gasteiger partial charge in [0.1, 0.15) is 11.5 Å². The zero-order chi connectivity index (χ0) is 21.6. The summed E-state index contributed by atoms with van der Waals surface area (Å²) in [5.41, 5.74) is 4.06. The summed E-state index contributed by atoms with van der Waals surface area (Å²) in [5.74, 6) is 1.73. The molecule has 0 radical (unpaired) electrons. The van der Waals surface area contributed by atoms with Crippen LogP contribution in [0.1, 0.15) is 63.4 Å². The molecule has 0 unspecified atom stereocenters. The van der Waals surface area contributed by atoms with E-state index in [4.69, 9.17) is 4.74 Å². The number of benzene rings is 2. The molecular formula is C24H31N4O2-. The fourth-order valence-corrected chi connectivity index (χ4v) is 3.54. The van der Waals surface area contributed by atoms with Crippen LogP contribution < -0.4 is 9.84 Å². The van der Waals surface area contributed by atoms with Gasteiger partial charge in [-0.15, -0.1) is 0 Å². The van der Waals surface area contributed by atoms with Gasteiger partial charge in [0.25, 0.3) is 0 Å². The van der Waals surface area contributed by atoms with Crippen molar-refractivity contribution in [3.63, 3.8) is 0 Å². The Balaban J connectivity index is 1.53. The van der Waals surface area contributed by atoms with Gasteiger partial charge in [0.2, 0.25) is 0 Å². The molecule has 0 aliphatic carbocycles. The van der Waals surface area contributed by atoms with Gasteiger partial charge in [-0.25, -0.2) is 0 Å². The van der Waals surface area contributed by atoms with E-state index < -0.39 is 0 Å². The molecule has 0 fully saturated rings. The minimum Gasteiger partial charge on any atom is -0.507 e. The Morgan fingerprint density at radius 3 is 2.50 bits per heavy atom. The fraction of sp³-hybridized carbons (Fsp3) is 0.458. The molecule has 3 rings (SSSR count). The fourth-order valence-electron chi connectivity index (χ4n) is 3.54. The molecule has 2 aromatic carbocycles.